The van der Waals surface area contributed by atoms with E-state index in [1.165, 1.54) is 7.11 Å². The fourth-order valence-corrected chi connectivity index (χ4v) is 2.51. The first-order valence-electron chi connectivity index (χ1n) is 9.05. The zero-order valence-corrected chi connectivity index (χ0v) is 15.7. The summed E-state index contributed by atoms with van der Waals surface area (Å²) in [7, 11) is 1.37. The van der Waals surface area contributed by atoms with Crippen LogP contribution in [0.2, 0.25) is 0 Å². The summed E-state index contributed by atoms with van der Waals surface area (Å²) >= 11 is 0. The average Bonchev–Trinajstić information content (AvgIpc) is 2.63. The van der Waals surface area contributed by atoms with Gasteiger partial charge in [0.1, 0.15) is 0 Å². The molecule has 0 N–H and O–H groups in total. The van der Waals surface area contributed by atoms with Crippen LogP contribution < -0.4 is 0 Å². The van der Waals surface area contributed by atoms with E-state index >= 15 is 0 Å². The summed E-state index contributed by atoms with van der Waals surface area (Å²) in [5, 5.41) is 0. The first-order chi connectivity index (χ1) is 12.1. The summed E-state index contributed by atoms with van der Waals surface area (Å²) in [5.74, 6) is -0.613. The Morgan fingerprint density at radius 3 is 2.44 bits per heavy atom. The standard InChI is InChI=1S/C20H31NO4/c1-4-5-13-25-14-9-12-21(16-17(2)20(23)24-3)19(22)15-18-10-7-6-8-11-18/h6-8,10-11,17H,4-5,9,12-16H2,1-3H3. The van der Waals surface area contributed by atoms with Gasteiger partial charge in [-0.25, -0.2) is 0 Å². The Balaban J connectivity index is 2.56. The third-order valence-corrected chi connectivity index (χ3v) is 4.01. The first-order valence-corrected chi connectivity index (χ1v) is 9.05. The van der Waals surface area contributed by atoms with Crippen molar-refractivity contribution in [1.29, 1.82) is 0 Å². The van der Waals surface area contributed by atoms with Gasteiger partial charge in [-0.3, -0.25) is 9.59 Å². The van der Waals surface area contributed by atoms with Crippen molar-refractivity contribution in [2.75, 3.05) is 33.4 Å². The zero-order valence-electron chi connectivity index (χ0n) is 15.7. The van der Waals surface area contributed by atoms with E-state index in [0.29, 0.717) is 26.1 Å². The largest absolute Gasteiger partial charge is 0.469 e. The third-order valence-electron chi connectivity index (χ3n) is 4.01. The van der Waals surface area contributed by atoms with E-state index in [1.807, 2.05) is 30.3 Å². The maximum Gasteiger partial charge on any atom is 0.310 e. The minimum absolute atomic E-state index is 0.0236. The van der Waals surface area contributed by atoms with E-state index in [-0.39, 0.29) is 17.8 Å². The van der Waals surface area contributed by atoms with Crippen LogP contribution in [0.1, 0.15) is 38.7 Å². The molecule has 1 rings (SSSR count). The van der Waals surface area contributed by atoms with E-state index < -0.39 is 0 Å². The van der Waals surface area contributed by atoms with E-state index in [0.717, 1.165) is 31.4 Å². The summed E-state index contributed by atoms with van der Waals surface area (Å²) in [6.07, 6.45) is 3.26. The number of methoxy groups -OCH3 is 1. The second kappa shape index (κ2) is 12.5. The second-order valence-electron chi connectivity index (χ2n) is 6.25. The van der Waals surface area contributed by atoms with Crippen molar-refractivity contribution in [3.63, 3.8) is 0 Å². The van der Waals surface area contributed by atoms with Crippen LogP contribution in [0, 0.1) is 5.92 Å². The Kier molecular flexibility index (Phi) is 10.6. The minimum atomic E-state index is -0.342. The van der Waals surface area contributed by atoms with Gasteiger partial charge < -0.3 is 14.4 Å². The molecule has 0 aliphatic rings. The monoisotopic (exact) mass is 349 g/mol. The topological polar surface area (TPSA) is 55.8 Å². The van der Waals surface area contributed by atoms with Crippen molar-refractivity contribution in [2.24, 2.45) is 5.92 Å². The molecule has 0 heterocycles. The molecule has 140 valence electrons. The van der Waals surface area contributed by atoms with Gasteiger partial charge >= 0.3 is 5.97 Å². The number of carbonyl (C=O) groups is 2. The number of rotatable bonds is 12. The van der Waals surface area contributed by atoms with Gasteiger partial charge in [0.2, 0.25) is 5.91 Å². The molecule has 1 unspecified atom stereocenters. The lowest BCUT2D eigenvalue weighted by Gasteiger charge is -2.25. The highest BCUT2D eigenvalue weighted by molar-refractivity contribution is 5.80. The fraction of sp³-hybridized carbons (Fsp3) is 0.600. The quantitative estimate of drug-likeness (QED) is 0.430. The van der Waals surface area contributed by atoms with Gasteiger partial charge in [0, 0.05) is 26.3 Å². The lowest BCUT2D eigenvalue weighted by Crippen LogP contribution is -2.39. The molecule has 0 fully saturated rings. The number of amides is 1. The molecule has 0 spiro atoms. The fourth-order valence-electron chi connectivity index (χ4n) is 2.51. The first kappa shape index (κ1) is 21.2. The second-order valence-corrected chi connectivity index (χ2v) is 6.25. The minimum Gasteiger partial charge on any atom is -0.469 e. The van der Waals surface area contributed by atoms with Crippen LogP contribution in [0.5, 0.6) is 0 Å². The average molecular weight is 349 g/mol. The Labute approximate surface area is 151 Å². The number of benzene rings is 1. The van der Waals surface area contributed by atoms with Crippen molar-refractivity contribution in [3.05, 3.63) is 35.9 Å². The summed E-state index contributed by atoms with van der Waals surface area (Å²) in [6, 6.07) is 9.65. The van der Waals surface area contributed by atoms with Crippen molar-refractivity contribution in [1.82, 2.24) is 4.90 Å². The molecule has 0 aliphatic heterocycles. The van der Waals surface area contributed by atoms with E-state index in [2.05, 4.69) is 6.92 Å². The predicted octanol–water partition coefficient (Wildman–Crippen LogP) is 3.07. The number of unbranched alkanes of at least 4 members (excludes halogenated alkanes) is 1. The SMILES string of the molecule is CCCCOCCCN(CC(C)C(=O)OC)C(=O)Cc1ccccc1. The van der Waals surface area contributed by atoms with Crippen LogP contribution in [0.4, 0.5) is 0 Å². The lowest BCUT2D eigenvalue weighted by molar-refractivity contribution is -0.146. The van der Waals surface area contributed by atoms with Crippen LogP contribution in [-0.2, 0) is 25.5 Å². The molecular formula is C20H31NO4. The number of ether oxygens (including phenoxy) is 2. The number of nitrogens with zero attached hydrogens (tertiary/aromatic N) is 1. The highest BCUT2D eigenvalue weighted by Gasteiger charge is 2.21. The molecule has 25 heavy (non-hydrogen) atoms. The highest BCUT2D eigenvalue weighted by atomic mass is 16.5. The smallest absolute Gasteiger partial charge is 0.310 e. The van der Waals surface area contributed by atoms with Gasteiger partial charge in [-0.1, -0.05) is 50.6 Å². The molecule has 0 bridgehead atoms. The van der Waals surface area contributed by atoms with Crippen molar-refractivity contribution in [3.8, 4) is 0 Å². The Morgan fingerprint density at radius 2 is 1.80 bits per heavy atom. The molecule has 1 aromatic carbocycles. The number of hydrogen-bond acceptors (Lipinski definition) is 4. The van der Waals surface area contributed by atoms with E-state index in [9.17, 15) is 9.59 Å². The molecule has 0 saturated heterocycles. The van der Waals surface area contributed by atoms with E-state index in [4.69, 9.17) is 9.47 Å². The normalized spacial score (nSPS) is 11.8. The zero-order chi connectivity index (χ0) is 18.5. The molecule has 5 heteroatoms. The van der Waals surface area contributed by atoms with Crippen LogP contribution in [-0.4, -0.2) is 50.2 Å². The molecule has 0 radical (unpaired) electrons. The van der Waals surface area contributed by atoms with Crippen LogP contribution >= 0.6 is 0 Å². The number of esters is 1. The molecule has 1 amide bonds. The maximum absolute atomic E-state index is 12.7. The number of carbonyl (C=O) groups excluding carboxylic acids is 2. The predicted molar refractivity (Wildman–Crippen MR) is 98.3 cm³/mol. The Bertz CT molecular complexity index is 504. The molecule has 0 saturated carbocycles. The summed E-state index contributed by atoms with van der Waals surface area (Å²) in [4.78, 5) is 26.1. The number of hydrogen-bond donors (Lipinski definition) is 0. The summed E-state index contributed by atoms with van der Waals surface area (Å²) < 4.78 is 10.3. The molecular weight excluding hydrogens is 318 g/mol. The molecule has 1 aromatic rings. The summed E-state index contributed by atoms with van der Waals surface area (Å²) in [5.41, 5.74) is 0.974. The maximum atomic E-state index is 12.7. The van der Waals surface area contributed by atoms with Crippen LogP contribution in [0.25, 0.3) is 0 Å². The van der Waals surface area contributed by atoms with Crippen molar-refractivity contribution in [2.45, 2.75) is 39.5 Å². The van der Waals surface area contributed by atoms with Gasteiger partial charge in [-0.15, -0.1) is 0 Å². The van der Waals surface area contributed by atoms with Gasteiger partial charge in [-0.05, 0) is 18.4 Å². The van der Waals surface area contributed by atoms with Gasteiger partial charge in [0.25, 0.3) is 0 Å². The molecule has 0 aliphatic carbocycles. The van der Waals surface area contributed by atoms with E-state index in [1.54, 1.807) is 11.8 Å². The lowest BCUT2D eigenvalue weighted by atomic mass is 10.1. The van der Waals surface area contributed by atoms with Crippen LogP contribution in [0.3, 0.4) is 0 Å². The van der Waals surface area contributed by atoms with Crippen molar-refractivity contribution < 1.29 is 19.1 Å². The Morgan fingerprint density at radius 1 is 1.12 bits per heavy atom. The molecule has 5 nitrogen and oxygen atoms in total. The van der Waals surface area contributed by atoms with Gasteiger partial charge in [-0.2, -0.15) is 0 Å². The van der Waals surface area contributed by atoms with Gasteiger partial charge in [0.05, 0.1) is 19.4 Å². The van der Waals surface area contributed by atoms with Crippen molar-refractivity contribution >= 4 is 11.9 Å². The van der Waals surface area contributed by atoms with Gasteiger partial charge in [0.15, 0.2) is 0 Å². The highest BCUT2D eigenvalue weighted by Crippen LogP contribution is 2.08. The van der Waals surface area contributed by atoms with Crippen LogP contribution in [0.15, 0.2) is 30.3 Å². The third kappa shape index (κ3) is 8.68. The molecule has 0 aromatic heterocycles. The summed E-state index contributed by atoms with van der Waals surface area (Å²) in [6.45, 7) is 6.25. The molecule has 1 atom stereocenters. The Hall–Kier alpha value is -1.88.